The van der Waals surface area contributed by atoms with Gasteiger partial charge in [0.2, 0.25) is 17.6 Å². The van der Waals surface area contributed by atoms with E-state index in [1.807, 2.05) is 13.0 Å². The Kier molecular flexibility index (Phi) is 14.5. The third kappa shape index (κ3) is 10.8. The summed E-state index contributed by atoms with van der Waals surface area (Å²) in [6, 6.07) is 7.06. The molecule has 230 valence electrons. The van der Waals surface area contributed by atoms with Crippen molar-refractivity contribution in [3.05, 3.63) is 45.5 Å². The predicted molar refractivity (Wildman–Crippen MR) is 167 cm³/mol. The lowest BCUT2D eigenvalue weighted by Crippen LogP contribution is -2.39. The number of Topliss-reactive ketones (excluding diaryl/α,β-unsaturated/α-hetero) is 1. The third-order valence-corrected chi connectivity index (χ3v) is 8.08. The molecule has 2 aromatic heterocycles. The summed E-state index contributed by atoms with van der Waals surface area (Å²) in [5, 5.41) is 10.4. The van der Waals surface area contributed by atoms with E-state index in [9.17, 15) is 19.2 Å². The van der Waals surface area contributed by atoms with E-state index in [4.69, 9.17) is 16.3 Å². The van der Waals surface area contributed by atoms with Gasteiger partial charge in [-0.1, -0.05) is 71.0 Å². The number of carbonyl (C=O) groups excluding carboxylic acids is 4. The number of benzene rings is 1. The second-order valence-corrected chi connectivity index (χ2v) is 11.4. The van der Waals surface area contributed by atoms with Crippen molar-refractivity contribution >= 4 is 57.3 Å². The Hall–Kier alpha value is -3.44. The van der Waals surface area contributed by atoms with Crippen LogP contribution in [-0.4, -0.2) is 60.2 Å². The van der Waals surface area contributed by atoms with Crippen LogP contribution >= 0.6 is 22.9 Å². The standard InChI is InChI=1S/C17H15ClN4O4S.C7H14.C5H9NO.CH4/c1-26-13-4-2-3-10-9(13)5-11(21-10)16(25)20-7-15(24)19-6-12(23)17-22-14(18)8-27-17;1-7-5-3-2-4-6-7;1-4-2-3-6-5(4)7;/h2-5,8,21H,6-7H2,1H3,(H,19,24)(H,20,25);7H,2-6H2,1H3;4H,2-3H2,1H3,(H,6,7);1H4. The molecule has 1 saturated heterocycles. The minimum atomic E-state index is -0.493. The monoisotopic (exact) mass is 619 g/mol. The molecular weight excluding hydrogens is 578 g/mol. The summed E-state index contributed by atoms with van der Waals surface area (Å²) in [6.45, 7) is 4.70. The normalized spacial score (nSPS) is 16.1. The molecule has 5 rings (SSSR count). The van der Waals surface area contributed by atoms with Crippen molar-refractivity contribution in [1.82, 2.24) is 25.9 Å². The first-order chi connectivity index (χ1) is 19.7. The Labute approximate surface area is 256 Å². The van der Waals surface area contributed by atoms with Gasteiger partial charge in [-0.05, 0) is 30.5 Å². The van der Waals surface area contributed by atoms with Crippen LogP contribution in [0.1, 0.15) is 80.1 Å². The number of aromatic nitrogens is 2. The fourth-order valence-corrected chi connectivity index (χ4v) is 5.29. The van der Waals surface area contributed by atoms with Crippen LogP contribution in [0.5, 0.6) is 5.75 Å². The third-order valence-electron chi connectivity index (χ3n) is 6.88. The van der Waals surface area contributed by atoms with E-state index in [1.54, 1.807) is 25.3 Å². The molecule has 12 heteroatoms. The second-order valence-electron chi connectivity index (χ2n) is 10.2. The molecule has 2 fully saturated rings. The van der Waals surface area contributed by atoms with E-state index in [0.717, 1.165) is 41.1 Å². The van der Waals surface area contributed by atoms with Crippen molar-refractivity contribution in [2.75, 3.05) is 26.7 Å². The first kappa shape index (κ1) is 34.8. The van der Waals surface area contributed by atoms with E-state index < -0.39 is 11.8 Å². The number of hydrogen-bond acceptors (Lipinski definition) is 7. The van der Waals surface area contributed by atoms with Crippen molar-refractivity contribution in [2.45, 2.75) is 59.8 Å². The maximum atomic E-state index is 12.2. The van der Waals surface area contributed by atoms with Crippen molar-refractivity contribution in [2.24, 2.45) is 11.8 Å². The van der Waals surface area contributed by atoms with Gasteiger partial charge in [-0.15, -0.1) is 11.3 Å². The molecule has 1 saturated carbocycles. The molecule has 1 atom stereocenters. The molecule has 1 aliphatic carbocycles. The lowest BCUT2D eigenvalue weighted by molar-refractivity contribution is -0.122. The van der Waals surface area contributed by atoms with Gasteiger partial charge < -0.3 is 25.7 Å². The number of amides is 3. The Bertz CT molecular complexity index is 1330. The molecule has 42 heavy (non-hydrogen) atoms. The van der Waals surface area contributed by atoms with Crippen LogP contribution in [-0.2, 0) is 9.59 Å². The van der Waals surface area contributed by atoms with Crippen LogP contribution in [0.25, 0.3) is 10.9 Å². The fourth-order valence-electron chi connectivity index (χ4n) is 4.41. The lowest BCUT2D eigenvalue weighted by atomic mass is 9.91. The zero-order valence-electron chi connectivity index (χ0n) is 23.7. The van der Waals surface area contributed by atoms with Gasteiger partial charge in [-0.25, -0.2) is 4.98 Å². The molecular formula is C30H42ClN5O5S. The van der Waals surface area contributed by atoms with Crippen LogP contribution in [0.2, 0.25) is 5.15 Å². The van der Waals surface area contributed by atoms with E-state index in [-0.39, 0.29) is 48.3 Å². The Morgan fingerprint density at radius 2 is 1.83 bits per heavy atom. The smallest absolute Gasteiger partial charge is 0.268 e. The molecule has 0 radical (unpaired) electrons. The highest BCUT2D eigenvalue weighted by atomic mass is 35.5. The summed E-state index contributed by atoms with van der Waals surface area (Å²) < 4.78 is 5.25. The maximum absolute atomic E-state index is 12.2. The first-order valence-corrected chi connectivity index (χ1v) is 15.1. The predicted octanol–water partition coefficient (Wildman–Crippen LogP) is 5.38. The highest BCUT2D eigenvalue weighted by molar-refractivity contribution is 7.12. The summed E-state index contributed by atoms with van der Waals surface area (Å²) in [4.78, 5) is 53.2. The van der Waals surface area contributed by atoms with E-state index in [1.165, 1.54) is 37.5 Å². The Morgan fingerprint density at radius 1 is 1.10 bits per heavy atom. The highest BCUT2D eigenvalue weighted by Gasteiger charge is 2.18. The number of fused-ring (bicyclic) bond motifs is 1. The largest absolute Gasteiger partial charge is 0.496 e. The number of thiazole rings is 1. The van der Waals surface area contributed by atoms with E-state index in [2.05, 4.69) is 32.8 Å². The summed E-state index contributed by atoms with van der Waals surface area (Å²) in [5.41, 5.74) is 1.05. The molecule has 4 N–H and O–H groups in total. The molecule has 1 aliphatic heterocycles. The van der Waals surface area contributed by atoms with Gasteiger partial charge in [0.15, 0.2) is 5.01 Å². The number of ketones is 1. The fraction of sp³-hybridized carbons (Fsp3) is 0.500. The van der Waals surface area contributed by atoms with Crippen molar-refractivity contribution < 1.29 is 23.9 Å². The zero-order valence-corrected chi connectivity index (χ0v) is 25.3. The van der Waals surface area contributed by atoms with Crippen LogP contribution in [0, 0.1) is 11.8 Å². The van der Waals surface area contributed by atoms with Crippen LogP contribution in [0.15, 0.2) is 29.6 Å². The number of rotatable bonds is 7. The Balaban J connectivity index is 0.000000334. The number of nitrogens with one attached hydrogen (secondary N) is 4. The van der Waals surface area contributed by atoms with Gasteiger partial charge in [0.05, 0.1) is 20.2 Å². The number of ether oxygens (including phenoxy) is 1. The Morgan fingerprint density at radius 3 is 2.36 bits per heavy atom. The SMILES string of the molecule is C.CC1CCCCC1.CC1CCNC1=O.COc1cccc2[nH]c(C(=O)NCC(=O)NCC(=O)c3nc(Cl)cs3)cc12. The summed E-state index contributed by atoms with van der Waals surface area (Å²) in [6.07, 6.45) is 8.45. The summed E-state index contributed by atoms with van der Waals surface area (Å²) in [7, 11) is 1.55. The van der Waals surface area contributed by atoms with Gasteiger partial charge in [-0.3, -0.25) is 19.2 Å². The number of carbonyl (C=O) groups is 4. The molecule has 3 heterocycles. The molecule has 2 aliphatic rings. The molecule has 0 bridgehead atoms. The zero-order chi connectivity index (χ0) is 29.8. The number of H-pyrrole nitrogens is 1. The maximum Gasteiger partial charge on any atom is 0.268 e. The van der Waals surface area contributed by atoms with Crippen LogP contribution < -0.4 is 20.7 Å². The molecule has 3 aromatic rings. The van der Waals surface area contributed by atoms with Gasteiger partial charge in [-0.2, -0.15) is 0 Å². The molecule has 3 amide bonds. The average molecular weight is 620 g/mol. The lowest BCUT2D eigenvalue weighted by Gasteiger charge is -2.15. The minimum Gasteiger partial charge on any atom is -0.496 e. The minimum absolute atomic E-state index is 0. The van der Waals surface area contributed by atoms with Crippen LogP contribution in [0.4, 0.5) is 0 Å². The molecule has 10 nitrogen and oxygen atoms in total. The van der Waals surface area contributed by atoms with Gasteiger partial charge in [0, 0.05) is 28.7 Å². The topological polar surface area (TPSA) is 142 Å². The summed E-state index contributed by atoms with van der Waals surface area (Å²) in [5.74, 6) is 0.860. The van der Waals surface area contributed by atoms with Crippen molar-refractivity contribution in [3.8, 4) is 5.75 Å². The molecule has 0 spiro atoms. The number of methoxy groups -OCH3 is 1. The number of nitrogens with zero attached hydrogens (tertiary/aromatic N) is 1. The number of hydrogen-bond donors (Lipinski definition) is 4. The molecule has 1 unspecified atom stereocenters. The number of halogens is 1. The number of aromatic amines is 1. The summed E-state index contributed by atoms with van der Waals surface area (Å²) >= 11 is 6.76. The first-order valence-electron chi connectivity index (χ1n) is 13.8. The highest BCUT2D eigenvalue weighted by Crippen LogP contribution is 2.26. The van der Waals surface area contributed by atoms with Gasteiger partial charge >= 0.3 is 0 Å². The molecule has 1 aromatic carbocycles. The van der Waals surface area contributed by atoms with Crippen molar-refractivity contribution in [3.63, 3.8) is 0 Å². The quantitative estimate of drug-likeness (QED) is 0.262. The van der Waals surface area contributed by atoms with Crippen molar-refractivity contribution in [1.29, 1.82) is 0 Å². The van der Waals surface area contributed by atoms with Gasteiger partial charge in [0.1, 0.15) is 16.6 Å². The van der Waals surface area contributed by atoms with E-state index in [0.29, 0.717) is 11.4 Å². The van der Waals surface area contributed by atoms with Gasteiger partial charge in [0.25, 0.3) is 5.91 Å². The second kappa shape index (κ2) is 17.5. The van der Waals surface area contributed by atoms with E-state index >= 15 is 0 Å². The van der Waals surface area contributed by atoms with Crippen LogP contribution in [0.3, 0.4) is 0 Å². The average Bonchev–Trinajstić information content (AvgIpc) is 3.71.